The van der Waals surface area contributed by atoms with Gasteiger partial charge in [-0.15, -0.1) is 0 Å². The number of aromatic nitrogens is 1. The van der Waals surface area contributed by atoms with Crippen molar-refractivity contribution in [3.05, 3.63) is 52.7 Å². The van der Waals surface area contributed by atoms with Crippen molar-refractivity contribution in [1.29, 1.82) is 0 Å². The zero-order valence-corrected chi connectivity index (χ0v) is 20.3. The fourth-order valence-electron chi connectivity index (χ4n) is 4.14. The SMILES string of the molecule is CCOC(=O)C(C)(C)Oc1c(C)cc(CN2CCN(c3ncccc3C(F)(F)F)CC2)cc1C. The number of nitrogens with zero attached hydrogens (tertiary/aromatic N) is 3. The first-order valence-electron chi connectivity index (χ1n) is 11.4. The van der Waals surface area contributed by atoms with Crippen LogP contribution in [0.25, 0.3) is 0 Å². The first kappa shape index (κ1) is 25.8. The predicted molar refractivity (Wildman–Crippen MR) is 124 cm³/mol. The van der Waals surface area contributed by atoms with Crippen molar-refractivity contribution in [2.24, 2.45) is 0 Å². The number of carbonyl (C=O) groups excluding carboxylic acids is 1. The van der Waals surface area contributed by atoms with E-state index in [1.165, 1.54) is 12.3 Å². The van der Waals surface area contributed by atoms with E-state index >= 15 is 0 Å². The number of pyridine rings is 1. The number of hydrogen-bond acceptors (Lipinski definition) is 6. The molecule has 0 aliphatic carbocycles. The lowest BCUT2D eigenvalue weighted by Gasteiger charge is -2.36. The van der Waals surface area contributed by atoms with Crippen LogP contribution in [-0.2, 0) is 22.3 Å². The van der Waals surface area contributed by atoms with Crippen LogP contribution in [0.5, 0.6) is 5.75 Å². The van der Waals surface area contributed by atoms with E-state index in [-0.39, 0.29) is 12.4 Å². The summed E-state index contributed by atoms with van der Waals surface area (Å²) in [6, 6.07) is 6.44. The fourth-order valence-corrected chi connectivity index (χ4v) is 4.14. The number of alkyl halides is 3. The lowest BCUT2D eigenvalue weighted by molar-refractivity contribution is -0.158. The number of benzene rings is 1. The molecule has 0 N–H and O–H groups in total. The second kappa shape index (κ2) is 10.2. The zero-order valence-electron chi connectivity index (χ0n) is 20.3. The van der Waals surface area contributed by atoms with Crippen LogP contribution in [0.4, 0.5) is 19.0 Å². The third-order valence-electron chi connectivity index (χ3n) is 5.81. The standard InChI is InChI=1S/C25H32F3N3O3/c1-6-33-23(32)24(4,5)34-21-17(2)14-19(15-18(21)3)16-30-10-12-31(13-11-30)22-20(25(26,27)28)8-7-9-29-22/h7-9,14-15H,6,10-13,16H2,1-5H3. The van der Waals surface area contributed by atoms with Gasteiger partial charge >= 0.3 is 12.1 Å². The van der Waals surface area contributed by atoms with Gasteiger partial charge in [0.2, 0.25) is 0 Å². The topological polar surface area (TPSA) is 54.9 Å². The monoisotopic (exact) mass is 479 g/mol. The Labute approximate surface area is 198 Å². The molecule has 0 atom stereocenters. The van der Waals surface area contributed by atoms with Gasteiger partial charge in [-0.25, -0.2) is 9.78 Å². The van der Waals surface area contributed by atoms with Gasteiger partial charge in [-0.2, -0.15) is 13.2 Å². The van der Waals surface area contributed by atoms with Crippen LogP contribution in [0.3, 0.4) is 0 Å². The molecule has 2 aromatic rings. The Bertz CT molecular complexity index is 993. The molecular weight excluding hydrogens is 447 g/mol. The van der Waals surface area contributed by atoms with Crippen LogP contribution < -0.4 is 9.64 Å². The predicted octanol–water partition coefficient (Wildman–Crippen LogP) is 4.76. The average Bonchev–Trinajstić information content (AvgIpc) is 2.76. The number of aryl methyl sites for hydroxylation is 2. The number of rotatable bonds is 7. The van der Waals surface area contributed by atoms with E-state index in [0.29, 0.717) is 38.5 Å². The summed E-state index contributed by atoms with van der Waals surface area (Å²) in [5, 5.41) is 0. The highest BCUT2D eigenvalue weighted by atomic mass is 19.4. The Morgan fingerprint density at radius 1 is 1.09 bits per heavy atom. The van der Waals surface area contributed by atoms with E-state index in [9.17, 15) is 18.0 Å². The molecule has 1 aliphatic heterocycles. The summed E-state index contributed by atoms with van der Waals surface area (Å²) in [4.78, 5) is 20.1. The van der Waals surface area contributed by atoms with Gasteiger partial charge in [-0.3, -0.25) is 4.90 Å². The summed E-state index contributed by atoms with van der Waals surface area (Å²) >= 11 is 0. The van der Waals surface area contributed by atoms with Crippen molar-refractivity contribution in [2.75, 3.05) is 37.7 Å². The molecule has 0 radical (unpaired) electrons. The molecule has 0 saturated carbocycles. The second-order valence-corrected chi connectivity index (χ2v) is 9.03. The molecule has 0 spiro atoms. The fraction of sp³-hybridized carbons (Fsp3) is 0.520. The van der Waals surface area contributed by atoms with Crippen LogP contribution in [-0.4, -0.2) is 54.2 Å². The lowest BCUT2D eigenvalue weighted by Crippen LogP contribution is -2.46. The quantitative estimate of drug-likeness (QED) is 0.534. The molecule has 9 heteroatoms. The summed E-state index contributed by atoms with van der Waals surface area (Å²) < 4.78 is 51.2. The Hall–Kier alpha value is -2.81. The third-order valence-corrected chi connectivity index (χ3v) is 5.81. The Kier molecular flexibility index (Phi) is 7.75. The molecule has 0 unspecified atom stereocenters. The number of carbonyl (C=O) groups is 1. The lowest BCUT2D eigenvalue weighted by atomic mass is 10.0. The maximum atomic E-state index is 13.3. The molecule has 1 aromatic carbocycles. The third kappa shape index (κ3) is 6.00. The number of piperazine rings is 1. The molecule has 186 valence electrons. The zero-order chi connectivity index (χ0) is 25.1. The van der Waals surface area contributed by atoms with Gasteiger partial charge in [0.25, 0.3) is 0 Å². The molecule has 1 saturated heterocycles. The smallest absolute Gasteiger partial charge is 0.419 e. The van der Waals surface area contributed by atoms with Gasteiger partial charge in [-0.1, -0.05) is 12.1 Å². The molecule has 0 amide bonds. The van der Waals surface area contributed by atoms with Crippen LogP contribution in [0.15, 0.2) is 30.5 Å². The second-order valence-electron chi connectivity index (χ2n) is 9.03. The van der Waals surface area contributed by atoms with Crippen molar-refractivity contribution in [3.63, 3.8) is 0 Å². The maximum Gasteiger partial charge on any atom is 0.419 e. The number of anilines is 1. The van der Waals surface area contributed by atoms with Gasteiger partial charge in [0.15, 0.2) is 5.60 Å². The van der Waals surface area contributed by atoms with Crippen molar-refractivity contribution in [3.8, 4) is 5.75 Å². The number of halogens is 3. The molecule has 0 bridgehead atoms. The highest BCUT2D eigenvalue weighted by Gasteiger charge is 2.36. The summed E-state index contributed by atoms with van der Waals surface area (Å²) in [7, 11) is 0. The van der Waals surface area contributed by atoms with E-state index in [4.69, 9.17) is 9.47 Å². The van der Waals surface area contributed by atoms with E-state index < -0.39 is 23.3 Å². The molecule has 2 heterocycles. The van der Waals surface area contributed by atoms with Crippen molar-refractivity contribution in [2.45, 2.75) is 52.9 Å². The van der Waals surface area contributed by atoms with Crippen LogP contribution >= 0.6 is 0 Å². The molecular formula is C25H32F3N3O3. The number of ether oxygens (including phenoxy) is 2. The van der Waals surface area contributed by atoms with E-state index in [1.54, 1.807) is 25.7 Å². The van der Waals surface area contributed by atoms with E-state index in [2.05, 4.69) is 9.88 Å². The summed E-state index contributed by atoms with van der Waals surface area (Å²) in [5.41, 5.74) is 1.10. The summed E-state index contributed by atoms with van der Waals surface area (Å²) in [5.74, 6) is 0.228. The largest absolute Gasteiger partial charge is 0.476 e. The minimum atomic E-state index is -4.43. The van der Waals surface area contributed by atoms with Crippen LogP contribution in [0.2, 0.25) is 0 Å². The normalized spacial score (nSPS) is 15.4. The maximum absolute atomic E-state index is 13.3. The summed E-state index contributed by atoms with van der Waals surface area (Å²) in [6.07, 6.45) is -3.03. The first-order chi connectivity index (χ1) is 15.9. The average molecular weight is 480 g/mol. The molecule has 1 aliphatic rings. The minimum absolute atomic E-state index is 0.00736. The molecule has 34 heavy (non-hydrogen) atoms. The molecule has 6 nitrogen and oxygen atoms in total. The van der Waals surface area contributed by atoms with E-state index in [0.717, 1.165) is 22.8 Å². The van der Waals surface area contributed by atoms with Crippen LogP contribution in [0, 0.1) is 13.8 Å². The first-order valence-corrected chi connectivity index (χ1v) is 11.4. The highest BCUT2D eigenvalue weighted by Crippen LogP contribution is 2.35. The molecule has 1 fully saturated rings. The van der Waals surface area contributed by atoms with Crippen molar-refractivity contribution < 1.29 is 27.4 Å². The molecule has 3 rings (SSSR count). The van der Waals surface area contributed by atoms with Crippen molar-refractivity contribution in [1.82, 2.24) is 9.88 Å². The van der Waals surface area contributed by atoms with Gasteiger partial charge in [0.05, 0.1) is 12.2 Å². The van der Waals surface area contributed by atoms with E-state index in [1.807, 2.05) is 26.0 Å². The number of esters is 1. The van der Waals surface area contributed by atoms with Crippen LogP contribution in [0.1, 0.15) is 43.0 Å². The Morgan fingerprint density at radius 3 is 2.26 bits per heavy atom. The minimum Gasteiger partial charge on any atom is -0.476 e. The molecule has 1 aromatic heterocycles. The Balaban J connectivity index is 1.66. The van der Waals surface area contributed by atoms with Gasteiger partial charge in [-0.05, 0) is 63.4 Å². The Morgan fingerprint density at radius 2 is 1.71 bits per heavy atom. The number of hydrogen-bond donors (Lipinski definition) is 0. The summed E-state index contributed by atoms with van der Waals surface area (Å²) in [6.45, 7) is 12.1. The van der Waals surface area contributed by atoms with Gasteiger partial charge in [0.1, 0.15) is 11.6 Å². The van der Waals surface area contributed by atoms with Gasteiger partial charge in [0, 0.05) is 38.9 Å². The van der Waals surface area contributed by atoms with Gasteiger partial charge < -0.3 is 14.4 Å². The highest BCUT2D eigenvalue weighted by molar-refractivity contribution is 5.79. The van der Waals surface area contributed by atoms with Crippen molar-refractivity contribution >= 4 is 11.8 Å².